The molecule has 5 heteroatoms. The lowest BCUT2D eigenvalue weighted by Crippen LogP contribution is -2.42. The summed E-state index contributed by atoms with van der Waals surface area (Å²) in [4.78, 5) is 1.95. The van der Waals surface area contributed by atoms with Crippen LogP contribution in [0.2, 0.25) is 0 Å². The van der Waals surface area contributed by atoms with E-state index in [1.165, 1.54) is 0 Å². The van der Waals surface area contributed by atoms with E-state index in [0.29, 0.717) is 12.8 Å². The molecule has 1 N–H and O–H groups in total. The van der Waals surface area contributed by atoms with Gasteiger partial charge < -0.3 is 10.2 Å². The Hall–Kier alpha value is -0.290. The summed E-state index contributed by atoms with van der Waals surface area (Å²) >= 11 is 0. The van der Waals surface area contributed by atoms with Crippen LogP contribution in [0, 0.1) is 5.92 Å². The minimum Gasteiger partial charge on any atom is -0.317 e. The lowest BCUT2D eigenvalue weighted by molar-refractivity contribution is -0.186. The number of hydrogen-bond acceptors (Lipinski definition) is 2. The molecule has 0 aromatic rings. The largest absolute Gasteiger partial charge is 0.393 e. The predicted octanol–water partition coefficient (Wildman–Crippen LogP) is 2.65. The van der Waals surface area contributed by atoms with Gasteiger partial charge in [0.15, 0.2) is 0 Å². The molecule has 0 aromatic carbocycles. The van der Waals surface area contributed by atoms with E-state index < -0.39 is 12.1 Å². The third-order valence-electron chi connectivity index (χ3n) is 3.22. The topological polar surface area (TPSA) is 15.3 Å². The molecule has 102 valence electrons. The highest BCUT2D eigenvalue weighted by Gasteiger charge is 2.41. The SMILES string of the molecule is CCCNCCCN1CCCC(C(F)(F)F)C1. The van der Waals surface area contributed by atoms with Crippen LogP contribution in [0.4, 0.5) is 13.2 Å². The van der Waals surface area contributed by atoms with Crippen LogP contribution >= 0.6 is 0 Å². The van der Waals surface area contributed by atoms with Crippen molar-refractivity contribution in [2.75, 3.05) is 32.7 Å². The van der Waals surface area contributed by atoms with Gasteiger partial charge in [-0.1, -0.05) is 6.92 Å². The third-order valence-corrected chi connectivity index (χ3v) is 3.22. The fraction of sp³-hybridized carbons (Fsp3) is 1.00. The fourth-order valence-electron chi connectivity index (χ4n) is 2.26. The summed E-state index contributed by atoms with van der Waals surface area (Å²) < 4.78 is 37.7. The van der Waals surface area contributed by atoms with Crippen molar-refractivity contribution < 1.29 is 13.2 Å². The maximum absolute atomic E-state index is 12.6. The molecule has 0 saturated carbocycles. The van der Waals surface area contributed by atoms with Gasteiger partial charge in [-0.05, 0) is 51.9 Å². The third kappa shape index (κ3) is 5.73. The second-order valence-electron chi connectivity index (χ2n) is 4.78. The molecule has 0 aliphatic carbocycles. The number of hydrogen-bond donors (Lipinski definition) is 1. The number of rotatable bonds is 6. The van der Waals surface area contributed by atoms with Crippen molar-refractivity contribution in [3.8, 4) is 0 Å². The maximum atomic E-state index is 12.6. The Bertz CT molecular complexity index is 206. The summed E-state index contributed by atoms with van der Waals surface area (Å²) in [6, 6.07) is 0. The maximum Gasteiger partial charge on any atom is 0.393 e. The predicted molar refractivity (Wildman–Crippen MR) is 63.0 cm³/mol. The standard InChI is InChI=1S/C12H23F3N2/c1-2-6-16-7-4-9-17-8-3-5-11(10-17)12(13,14)15/h11,16H,2-10H2,1H3. The van der Waals surface area contributed by atoms with Crippen molar-refractivity contribution in [1.82, 2.24) is 10.2 Å². The van der Waals surface area contributed by atoms with Crippen molar-refractivity contribution in [2.45, 2.75) is 38.8 Å². The number of alkyl halides is 3. The van der Waals surface area contributed by atoms with Crippen molar-refractivity contribution >= 4 is 0 Å². The van der Waals surface area contributed by atoms with Gasteiger partial charge in [-0.3, -0.25) is 0 Å². The normalized spacial score (nSPS) is 22.9. The number of nitrogens with one attached hydrogen (secondary N) is 1. The van der Waals surface area contributed by atoms with E-state index in [1.54, 1.807) is 0 Å². The van der Waals surface area contributed by atoms with Crippen molar-refractivity contribution in [1.29, 1.82) is 0 Å². The summed E-state index contributed by atoms with van der Waals surface area (Å²) in [5.74, 6) is -1.11. The zero-order chi connectivity index (χ0) is 12.7. The van der Waals surface area contributed by atoms with Gasteiger partial charge >= 0.3 is 6.18 Å². The Morgan fingerprint density at radius 1 is 1.29 bits per heavy atom. The van der Waals surface area contributed by atoms with Crippen LogP contribution in [0.15, 0.2) is 0 Å². The van der Waals surface area contributed by atoms with Gasteiger partial charge in [-0.2, -0.15) is 13.2 Å². The Kier molecular flexibility index (Phi) is 6.27. The molecule has 0 radical (unpaired) electrons. The van der Waals surface area contributed by atoms with Gasteiger partial charge in [-0.25, -0.2) is 0 Å². The molecular formula is C12H23F3N2. The van der Waals surface area contributed by atoms with Crippen LogP contribution < -0.4 is 5.32 Å². The molecule has 1 saturated heterocycles. The summed E-state index contributed by atoms with van der Waals surface area (Å²) in [6.07, 6.45) is -1.01. The van der Waals surface area contributed by atoms with Crippen molar-refractivity contribution in [2.24, 2.45) is 5.92 Å². The molecule has 2 nitrogen and oxygen atoms in total. The van der Waals surface area contributed by atoms with Crippen molar-refractivity contribution in [3.05, 3.63) is 0 Å². The van der Waals surface area contributed by atoms with Gasteiger partial charge in [0.25, 0.3) is 0 Å². The Morgan fingerprint density at radius 3 is 2.71 bits per heavy atom. The first kappa shape index (κ1) is 14.8. The zero-order valence-corrected chi connectivity index (χ0v) is 10.5. The Morgan fingerprint density at radius 2 is 2.06 bits per heavy atom. The van der Waals surface area contributed by atoms with Crippen LogP contribution in [0.1, 0.15) is 32.6 Å². The van der Waals surface area contributed by atoms with Crippen LogP contribution in [0.25, 0.3) is 0 Å². The number of likely N-dealkylation sites (tertiary alicyclic amines) is 1. The first-order chi connectivity index (χ1) is 8.04. The van der Waals surface area contributed by atoms with Gasteiger partial charge in [0.05, 0.1) is 5.92 Å². The molecule has 0 amide bonds. The second-order valence-corrected chi connectivity index (χ2v) is 4.78. The van der Waals surface area contributed by atoms with Crippen LogP contribution in [-0.2, 0) is 0 Å². The summed E-state index contributed by atoms with van der Waals surface area (Å²) in [6.45, 7) is 5.79. The number of halogens is 3. The molecule has 0 aromatic heterocycles. The van der Waals surface area contributed by atoms with E-state index in [0.717, 1.165) is 39.0 Å². The van der Waals surface area contributed by atoms with E-state index in [-0.39, 0.29) is 6.54 Å². The molecule has 1 aliphatic rings. The van der Waals surface area contributed by atoms with Gasteiger partial charge in [0.2, 0.25) is 0 Å². The molecule has 1 aliphatic heterocycles. The average Bonchev–Trinajstić information content (AvgIpc) is 2.28. The van der Waals surface area contributed by atoms with E-state index in [1.807, 2.05) is 4.90 Å². The highest BCUT2D eigenvalue weighted by molar-refractivity contribution is 4.77. The zero-order valence-electron chi connectivity index (χ0n) is 10.5. The summed E-state index contributed by atoms with van der Waals surface area (Å²) in [5, 5.41) is 3.27. The first-order valence-electron chi connectivity index (χ1n) is 6.54. The van der Waals surface area contributed by atoms with E-state index in [9.17, 15) is 13.2 Å². The van der Waals surface area contributed by atoms with Crippen LogP contribution in [0.5, 0.6) is 0 Å². The van der Waals surface area contributed by atoms with E-state index in [2.05, 4.69) is 12.2 Å². The van der Waals surface area contributed by atoms with Gasteiger partial charge in [-0.15, -0.1) is 0 Å². The van der Waals surface area contributed by atoms with E-state index >= 15 is 0 Å². The fourth-order valence-corrected chi connectivity index (χ4v) is 2.26. The minimum absolute atomic E-state index is 0.192. The molecular weight excluding hydrogens is 229 g/mol. The minimum atomic E-state index is -4.01. The molecule has 1 heterocycles. The highest BCUT2D eigenvalue weighted by Crippen LogP contribution is 2.32. The van der Waals surface area contributed by atoms with Crippen molar-refractivity contribution in [3.63, 3.8) is 0 Å². The molecule has 0 spiro atoms. The smallest absolute Gasteiger partial charge is 0.317 e. The number of nitrogens with zero attached hydrogens (tertiary/aromatic N) is 1. The van der Waals surface area contributed by atoms with Gasteiger partial charge in [0, 0.05) is 6.54 Å². The first-order valence-corrected chi connectivity index (χ1v) is 6.54. The van der Waals surface area contributed by atoms with E-state index in [4.69, 9.17) is 0 Å². The van der Waals surface area contributed by atoms with Crippen LogP contribution in [0.3, 0.4) is 0 Å². The Labute approximate surface area is 102 Å². The quantitative estimate of drug-likeness (QED) is 0.731. The summed E-state index contributed by atoms with van der Waals surface area (Å²) in [5.41, 5.74) is 0. The molecule has 17 heavy (non-hydrogen) atoms. The molecule has 1 rings (SSSR count). The monoisotopic (exact) mass is 252 g/mol. The molecule has 1 fully saturated rings. The molecule has 0 bridgehead atoms. The average molecular weight is 252 g/mol. The summed E-state index contributed by atoms with van der Waals surface area (Å²) in [7, 11) is 0. The lowest BCUT2D eigenvalue weighted by Gasteiger charge is -2.33. The second kappa shape index (κ2) is 7.21. The Balaban J connectivity index is 2.17. The number of piperidine rings is 1. The lowest BCUT2D eigenvalue weighted by atomic mass is 9.97. The van der Waals surface area contributed by atoms with Crippen LogP contribution in [-0.4, -0.2) is 43.8 Å². The molecule has 1 unspecified atom stereocenters. The highest BCUT2D eigenvalue weighted by atomic mass is 19.4. The molecule has 1 atom stereocenters. The van der Waals surface area contributed by atoms with Gasteiger partial charge in [0.1, 0.15) is 0 Å².